The summed E-state index contributed by atoms with van der Waals surface area (Å²) in [4.78, 5) is 15.9. The molecule has 2 aromatic carbocycles. The molecule has 3 aromatic rings. The molecule has 150 valence electrons. The number of ether oxygens (including phenoxy) is 1. The van der Waals surface area contributed by atoms with E-state index in [0.717, 1.165) is 17.7 Å². The molecule has 0 radical (unpaired) electrons. The van der Waals surface area contributed by atoms with Gasteiger partial charge in [-0.3, -0.25) is 4.79 Å². The molecule has 0 aliphatic carbocycles. The average molecular weight is 401 g/mol. The lowest BCUT2D eigenvalue weighted by atomic mass is 10.0. The highest BCUT2D eigenvalue weighted by molar-refractivity contribution is 5.61. The summed E-state index contributed by atoms with van der Waals surface area (Å²) in [6.45, 7) is 1.85. The normalized spacial score (nSPS) is 15.3. The molecule has 0 saturated heterocycles. The zero-order valence-corrected chi connectivity index (χ0v) is 15.8. The predicted octanol–water partition coefficient (Wildman–Crippen LogP) is 4.26. The number of aryl methyl sites for hydroxylation is 1. The van der Waals surface area contributed by atoms with Crippen LogP contribution in [-0.4, -0.2) is 16.7 Å². The van der Waals surface area contributed by atoms with Gasteiger partial charge >= 0.3 is 5.56 Å². The zero-order valence-electron chi connectivity index (χ0n) is 15.8. The topological polar surface area (TPSA) is 56.1 Å². The van der Waals surface area contributed by atoms with Gasteiger partial charge in [0.2, 0.25) is 11.8 Å². The lowest BCUT2D eigenvalue weighted by Gasteiger charge is -2.21. The third kappa shape index (κ3) is 3.35. The molecular formula is C21H18F3N3O2. The molecule has 1 N–H and O–H groups in total. The number of aromatic nitrogens is 2. The number of anilines is 2. The molecule has 1 unspecified atom stereocenters. The smallest absolute Gasteiger partial charge is 0.310 e. The molecule has 29 heavy (non-hydrogen) atoms. The Kier molecular flexibility index (Phi) is 4.77. The molecule has 0 saturated carbocycles. The van der Waals surface area contributed by atoms with Crippen molar-refractivity contribution < 1.29 is 17.9 Å². The SMILES string of the molecule is COc1ccc(C)c(Nc2nc(=O)c(F)c3n2C(c2ccc(F)cc2F)CC3)c1. The number of hydrogen-bond donors (Lipinski definition) is 1. The summed E-state index contributed by atoms with van der Waals surface area (Å²) in [5.74, 6) is -1.70. The van der Waals surface area contributed by atoms with Crippen LogP contribution in [0.25, 0.3) is 0 Å². The highest BCUT2D eigenvalue weighted by atomic mass is 19.1. The van der Waals surface area contributed by atoms with Gasteiger partial charge in [0.25, 0.3) is 0 Å². The van der Waals surface area contributed by atoms with E-state index >= 15 is 0 Å². The maximum absolute atomic E-state index is 14.5. The molecule has 1 aliphatic heterocycles. The number of fused-ring (bicyclic) bond motifs is 1. The Bertz CT molecular complexity index is 1160. The Hall–Kier alpha value is -3.29. The van der Waals surface area contributed by atoms with Crippen LogP contribution in [0.3, 0.4) is 0 Å². The van der Waals surface area contributed by atoms with Gasteiger partial charge in [0.15, 0.2) is 0 Å². The van der Waals surface area contributed by atoms with Crippen molar-refractivity contribution in [1.29, 1.82) is 0 Å². The van der Waals surface area contributed by atoms with E-state index in [4.69, 9.17) is 4.74 Å². The Morgan fingerprint density at radius 1 is 1.17 bits per heavy atom. The van der Waals surface area contributed by atoms with Crippen LogP contribution in [0.4, 0.5) is 24.8 Å². The second-order valence-electron chi connectivity index (χ2n) is 6.90. The lowest BCUT2D eigenvalue weighted by molar-refractivity contribution is 0.415. The van der Waals surface area contributed by atoms with E-state index in [1.807, 2.05) is 13.0 Å². The van der Waals surface area contributed by atoms with Gasteiger partial charge in [-0.15, -0.1) is 0 Å². The van der Waals surface area contributed by atoms with E-state index in [-0.39, 0.29) is 23.6 Å². The van der Waals surface area contributed by atoms with Crippen molar-refractivity contribution in [1.82, 2.24) is 9.55 Å². The molecule has 1 aliphatic rings. The Labute approximate surface area is 164 Å². The zero-order chi connectivity index (χ0) is 20.7. The molecule has 0 amide bonds. The molecule has 4 rings (SSSR count). The lowest BCUT2D eigenvalue weighted by Crippen LogP contribution is -2.23. The highest BCUT2D eigenvalue weighted by Gasteiger charge is 2.32. The van der Waals surface area contributed by atoms with E-state index in [2.05, 4.69) is 10.3 Å². The monoisotopic (exact) mass is 401 g/mol. The first-order chi connectivity index (χ1) is 13.9. The van der Waals surface area contributed by atoms with Crippen molar-refractivity contribution in [3.05, 3.63) is 81.0 Å². The van der Waals surface area contributed by atoms with E-state index in [0.29, 0.717) is 17.9 Å². The summed E-state index contributed by atoms with van der Waals surface area (Å²) in [7, 11) is 1.53. The molecule has 2 heterocycles. The first-order valence-corrected chi connectivity index (χ1v) is 9.06. The minimum Gasteiger partial charge on any atom is -0.497 e. The number of rotatable bonds is 4. The van der Waals surface area contributed by atoms with E-state index in [1.165, 1.54) is 17.7 Å². The minimum absolute atomic E-state index is 0.0916. The standard InChI is InChI=1S/C21H18F3N3O2/c1-11-3-5-13(29-2)10-16(11)25-21-26-20(28)19(24)18-8-7-17(27(18)21)14-6-4-12(22)9-15(14)23/h3-6,9-10,17H,7-8H2,1-2H3,(H,25,26,28). The molecule has 5 nitrogen and oxygen atoms in total. The van der Waals surface area contributed by atoms with Crippen LogP contribution in [0, 0.1) is 24.4 Å². The Morgan fingerprint density at radius 3 is 2.69 bits per heavy atom. The van der Waals surface area contributed by atoms with Crippen molar-refractivity contribution >= 4 is 11.6 Å². The maximum atomic E-state index is 14.5. The minimum atomic E-state index is -0.987. The molecule has 1 atom stereocenters. The molecule has 0 bridgehead atoms. The summed E-state index contributed by atoms with van der Waals surface area (Å²) < 4.78 is 49.0. The average Bonchev–Trinajstić information content (AvgIpc) is 3.13. The van der Waals surface area contributed by atoms with E-state index in [9.17, 15) is 18.0 Å². The van der Waals surface area contributed by atoms with Gasteiger partial charge in [-0.1, -0.05) is 12.1 Å². The number of halogens is 3. The molecular weight excluding hydrogens is 383 g/mol. The summed E-state index contributed by atoms with van der Waals surface area (Å²) in [6, 6.07) is 7.99. The summed E-state index contributed by atoms with van der Waals surface area (Å²) in [5.41, 5.74) is 0.825. The predicted molar refractivity (Wildman–Crippen MR) is 102 cm³/mol. The number of benzene rings is 2. The van der Waals surface area contributed by atoms with E-state index < -0.39 is 29.1 Å². The van der Waals surface area contributed by atoms with Crippen LogP contribution in [0.5, 0.6) is 5.75 Å². The summed E-state index contributed by atoms with van der Waals surface area (Å²) in [5, 5.41) is 3.05. The second kappa shape index (κ2) is 7.27. The van der Waals surface area contributed by atoms with Gasteiger partial charge in [0, 0.05) is 23.4 Å². The number of nitrogens with one attached hydrogen (secondary N) is 1. The highest BCUT2D eigenvalue weighted by Crippen LogP contribution is 2.37. The third-order valence-electron chi connectivity index (χ3n) is 5.15. The summed E-state index contributed by atoms with van der Waals surface area (Å²) in [6.07, 6.45) is 0.591. The van der Waals surface area contributed by atoms with Crippen molar-refractivity contribution in [2.24, 2.45) is 0 Å². The molecule has 1 aromatic heterocycles. The fourth-order valence-electron chi connectivity index (χ4n) is 3.66. The van der Waals surface area contributed by atoms with Crippen LogP contribution in [0.15, 0.2) is 41.2 Å². The van der Waals surface area contributed by atoms with Crippen molar-refractivity contribution in [3.8, 4) is 5.75 Å². The maximum Gasteiger partial charge on any atom is 0.310 e. The van der Waals surface area contributed by atoms with Gasteiger partial charge in [-0.2, -0.15) is 9.37 Å². The van der Waals surface area contributed by atoms with E-state index in [1.54, 1.807) is 12.1 Å². The molecule has 0 spiro atoms. The van der Waals surface area contributed by atoms with Gasteiger partial charge < -0.3 is 14.6 Å². The van der Waals surface area contributed by atoms with Gasteiger partial charge in [0.1, 0.15) is 17.4 Å². The van der Waals surface area contributed by atoms with Crippen molar-refractivity contribution in [2.75, 3.05) is 12.4 Å². The number of hydrogen-bond acceptors (Lipinski definition) is 4. The second-order valence-corrected chi connectivity index (χ2v) is 6.90. The first kappa shape index (κ1) is 19.0. The number of methoxy groups -OCH3 is 1. The summed E-state index contributed by atoms with van der Waals surface area (Å²) >= 11 is 0. The fraction of sp³-hybridized carbons (Fsp3) is 0.238. The van der Waals surface area contributed by atoms with Crippen molar-refractivity contribution in [2.45, 2.75) is 25.8 Å². The largest absolute Gasteiger partial charge is 0.497 e. The van der Waals surface area contributed by atoms with Crippen LogP contribution in [-0.2, 0) is 6.42 Å². The van der Waals surface area contributed by atoms with Gasteiger partial charge in [-0.25, -0.2) is 8.78 Å². The Balaban J connectivity index is 1.86. The fourth-order valence-corrected chi connectivity index (χ4v) is 3.66. The number of nitrogens with zero attached hydrogens (tertiary/aromatic N) is 2. The van der Waals surface area contributed by atoms with Crippen molar-refractivity contribution in [3.63, 3.8) is 0 Å². The first-order valence-electron chi connectivity index (χ1n) is 9.06. The van der Waals surface area contributed by atoms with Gasteiger partial charge in [-0.05, 0) is 37.5 Å². The van der Waals surface area contributed by atoms with Crippen LogP contribution >= 0.6 is 0 Å². The van der Waals surface area contributed by atoms with Crippen LogP contribution in [0.1, 0.15) is 29.3 Å². The Morgan fingerprint density at radius 2 is 1.97 bits per heavy atom. The molecule has 8 heteroatoms. The van der Waals surface area contributed by atoms with Crippen LogP contribution in [0.2, 0.25) is 0 Å². The van der Waals surface area contributed by atoms with Crippen LogP contribution < -0.4 is 15.6 Å². The quantitative estimate of drug-likeness (QED) is 0.710. The molecule has 0 fully saturated rings. The third-order valence-corrected chi connectivity index (χ3v) is 5.15. The van der Waals surface area contributed by atoms with Gasteiger partial charge in [0.05, 0.1) is 18.8 Å².